The van der Waals surface area contributed by atoms with E-state index >= 15 is 0 Å². The van der Waals surface area contributed by atoms with Gasteiger partial charge in [0, 0.05) is 25.3 Å². The van der Waals surface area contributed by atoms with Gasteiger partial charge in [-0.3, -0.25) is 0 Å². The number of anilines is 1. The Morgan fingerprint density at radius 2 is 2.17 bits per heavy atom. The molecule has 0 saturated heterocycles. The van der Waals surface area contributed by atoms with Crippen LogP contribution in [0.25, 0.3) is 11.0 Å². The lowest BCUT2D eigenvalue weighted by molar-refractivity contribution is 0.403. The lowest BCUT2D eigenvalue weighted by Gasteiger charge is -2.29. The first-order valence-corrected chi connectivity index (χ1v) is 6.54. The van der Waals surface area contributed by atoms with Crippen LogP contribution in [0.5, 0.6) is 0 Å². The van der Waals surface area contributed by atoms with Crippen molar-refractivity contribution in [2.24, 2.45) is 12.8 Å². The second-order valence-electron chi connectivity index (χ2n) is 5.08. The zero-order chi connectivity index (χ0) is 12.5. The summed E-state index contributed by atoms with van der Waals surface area (Å²) < 4.78 is 2.00. The molecule has 2 aromatic heterocycles. The first kappa shape index (κ1) is 11.5. The summed E-state index contributed by atoms with van der Waals surface area (Å²) in [4.78, 5) is 8.81. The number of pyridine rings is 1. The third-order valence-corrected chi connectivity index (χ3v) is 3.78. The van der Waals surface area contributed by atoms with E-state index in [1.54, 1.807) is 0 Å². The van der Waals surface area contributed by atoms with Crippen LogP contribution in [0, 0.1) is 0 Å². The Bertz CT molecular complexity index is 547. The SMILES string of the molecule is Cn1cnc2c(N[C@@H]3CCCC[C@H]3N)nccc21. The molecule has 2 atom stereocenters. The molecule has 1 aliphatic rings. The van der Waals surface area contributed by atoms with Crippen LogP contribution in [0.15, 0.2) is 18.6 Å². The Morgan fingerprint density at radius 1 is 1.33 bits per heavy atom. The molecule has 0 spiro atoms. The van der Waals surface area contributed by atoms with Gasteiger partial charge in [-0.25, -0.2) is 9.97 Å². The average Bonchev–Trinajstić information content (AvgIpc) is 2.76. The van der Waals surface area contributed by atoms with Crippen LogP contribution in [-0.4, -0.2) is 26.6 Å². The molecule has 18 heavy (non-hydrogen) atoms. The number of nitrogens with zero attached hydrogens (tertiary/aromatic N) is 3. The molecule has 0 aliphatic heterocycles. The van der Waals surface area contributed by atoms with Crippen molar-refractivity contribution in [1.82, 2.24) is 14.5 Å². The largest absolute Gasteiger partial charge is 0.364 e. The topological polar surface area (TPSA) is 68.8 Å². The fraction of sp³-hybridized carbons (Fsp3) is 0.538. The van der Waals surface area contributed by atoms with Crippen LogP contribution >= 0.6 is 0 Å². The Hall–Kier alpha value is -1.62. The summed E-state index contributed by atoms with van der Waals surface area (Å²) in [5.74, 6) is 0.857. The van der Waals surface area contributed by atoms with Crippen molar-refractivity contribution in [2.45, 2.75) is 37.8 Å². The van der Waals surface area contributed by atoms with Crippen LogP contribution < -0.4 is 11.1 Å². The van der Waals surface area contributed by atoms with Gasteiger partial charge in [0.1, 0.15) is 5.52 Å². The first-order chi connectivity index (χ1) is 8.75. The summed E-state index contributed by atoms with van der Waals surface area (Å²) in [6, 6.07) is 2.52. The number of nitrogens with one attached hydrogen (secondary N) is 1. The summed E-state index contributed by atoms with van der Waals surface area (Å²) in [6.45, 7) is 0. The van der Waals surface area contributed by atoms with Gasteiger partial charge in [0.25, 0.3) is 0 Å². The Kier molecular flexibility index (Phi) is 2.91. The van der Waals surface area contributed by atoms with Gasteiger partial charge in [-0.2, -0.15) is 0 Å². The Balaban J connectivity index is 1.90. The molecule has 0 unspecified atom stereocenters. The van der Waals surface area contributed by atoms with Crippen molar-refractivity contribution in [2.75, 3.05) is 5.32 Å². The van der Waals surface area contributed by atoms with Crippen LogP contribution in [0.3, 0.4) is 0 Å². The molecule has 3 N–H and O–H groups in total. The lowest BCUT2D eigenvalue weighted by atomic mass is 9.91. The highest BCUT2D eigenvalue weighted by Gasteiger charge is 2.22. The molecule has 0 amide bonds. The summed E-state index contributed by atoms with van der Waals surface area (Å²) >= 11 is 0. The zero-order valence-corrected chi connectivity index (χ0v) is 10.6. The van der Waals surface area contributed by atoms with Crippen molar-refractivity contribution in [3.05, 3.63) is 18.6 Å². The minimum absolute atomic E-state index is 0.222. The fourth-order valence-corrected chi connectivity index (χ4v) is 2.68. The van der Waals surface area contributed by atoms with Gasteiger partial charge in [-0.15, -0.1) is 0 Å². The maximum absolute atomic E-state index is 6.16. The fourth-order valence-electron chi connectivity index (χ4n) is 2.68. The van der Waals surface area contributed by atoms with E-state index in [0.29, 0.717) is 6.04 Å². The number of imidazole rings is 1. The summed E-state index contributed by atoms with van der Waals surface area (Å²) in [7, 11) is 1.99. The van der Waals surface area contributed by atoms with Crippen LogP contribution in [0.1, 0.15) is 25.7 Å². The maximum Gasteiger partial charge on any atom is 0.154 e. The van der Waals surface area contributed by atoms with Crippen molar-refractivity contribution < 1.29 is 0 Å². The van der Waals surface area contributed by atoms with E-state index in [0.717, 1.165) is 29.7 Å². The summed E-state index contributed by atoms with van der Waals surface area (Å²) in [6.07, 6.45) is 8.32. The van der Waals surface area contributed by atoms with E-state index in [4.69, 9.17) is 5.73 Å². The molecule has 1 fully saturated rings. The summed E-state index contributed by atoms with van der Waals surface area (Å²) in [5.41, 5.74) is 8.18. The average molecular weight is 245 g/mol. The standard InChI is InChI=1S/C13H19N5/c1-18-8-16-12-11(18)6-7-15-13(12)17-10-5-3-2-4-9(10)14/h6-10H,2-5,14H2,1H3,(H,15,17)/t9-,10-/m1/s1. The number of aryl methyl sites for hydroxylation is 1. The summed E-state index contributed by atoms with van der Waals surface area (Å²) in [5, 5.41) is 3.48. The van der Waals surface area contributed by atoms with Crippen LogP contribution in [-0.2, 0) is 7.05 Å². The first-order valence-electron chi connectivity index (χ1n) is 6.54. The minimum Gasteiger partial charge on any atom is -0.364 e. The van der Waals surface area contributed by atoms with Gasteiger partial charge < -0.3 is 15.6 Å². The molecule has 0 aromatic carbocycles. The molecule has 5 nitrogen and oxygen atoms in total. The van der Waals surface area contributed by atoms with Crippen molar-refractivity contribution in [3.8, 4) is 0 Å². The third-order valence-electron chi connectivity index (χ3n) is 3.78. The second-order valence-corrected chi connectivity index (χ2v) is 5.08. The number of hydrogen-bond donors (Lipinski definition) is 2. The van der Waals surface area contributed by atoms with Crippen molar-refractivity contribution in [3.63, 3.8) is 0 Å². The number of rotatable bonds is 2. The Labute approximate surface area is 106 Å². The van der Waals surface area contributed by atoms with Gasteiger partial charge in [0.15, 0.2) is 5.82 Å². The molecule has 5 heteroatoms. The van der Waals surface area contributed by atoms with Gasteiger partial charge in [0.2, 0.25) is 0 Å². The van der Waals surface area contributed by atoms with E-state index < -0.39 is 0 Å². The zero-order valence-electron chi connectivity index (χ0n) is 10.6. The Morgan fingerprint density at radius 3 is 3.00 bits per heavy atom. The van der Waals surface area contributed by atoms with E-state index in [9.17, 15) is 0 Å². The molecule has 0 bridgehead atoms. The van der Waals surface area contributed by atoms with E-state index in [1.807, 2.05) is 30.2 Å². The molecular formula is C13H19N5. The molecule has 2 aromatic rings. The highest BCUT2D eigenvalue weighted by molar-refractivity contribution is 5.85. The molecule has 0 radical (unpaired) electrons. The predicted molar refractivity (Wildman–Crippen MR) is 72.4 cm³/mol. The monoisotopic (exact) mass is 245 g/mol. The lowest BCUT2D eigenvalue weighted by Crippen LogP contribution is -2.42. The second kappa shape index (κ2) is 4.57. The number of hydrogen-bond acceptors (Lipinski definition) is 4. The van der Waals surface area contributed by atoms with Crippen LogP contribution in [0.4, 0.5) is 5.82 Å². The molecule has 2 heterocycles. The van der Waals surface area contributed by atoms with E-state index in [-0.39, 0.29) is 6.04 Å². The quantitative estimate of drug-likeness (QED) is 0.844. The third kappa shape index (κ3) is 1.95. The number of nitrogens with two attached hydrogens (primary N) is 1. The van der Waals surface area contributed by atoms with E-state index in [1.165, 1.54) is 12.8 Å². The van der Waals surface area contributed by atoms with Gasteiger partial charge in [0.05, 0.1) is 11.8 Å². The van der Waals surface area contributed by atoms with Gasteiger partial charge in [-0.1, -0.05) is 12.8 Å². The van der Waals surface area contributed by atoms with Gasteiger partial charge in [-0.05, 0) is 18.9 Å². The number of aromatic nitrogens is 3. The molecule has 3 rings (SSSR count). The van der Waals surface area contributed by atoms with Crippen molar-refractivity contribution in [1.29, 1.82) is 0 Å². The van der Waals surface area contributed by atoms with Crippen LogP contribution in [0.2, 0.25) is 0 Å². The molecule has 1 saturated carbocycles. The minimum atomic E-state index is 0.222. The van der Waals surface area contributed by atoms with Crippen molar-refractivity contribution >= 4 is 16.9 Å². The highest BCUT2D eigenvalue weighted by atomic mass is 15.1. The molecular weight excluding hydrogens is 226 g/mol. The number of fused-ring (bicyclic) bond motifs is 1. The normalized spacial score (nSPS) is 24.3. The maximum atomic E-state index is 6.16. The molecule has 1 aliphatic carbocycles. The smallest absolute Gasteiger partial charge is 0.154 e. The van der Waals surface area contributed by atoms with Gasteiger partial charge >= 0.3 is 0 Å². The molecule has 96 valence electrons. The highest BCUT2D eigenvalue weighted by Crippen LogP contribution is 2.24. The van der Waals surface area contributed by atoms with E-state index in [2.05, 4.69) is 15.3 Å². The predicted octanol–water partition coefficient (Wildman–Crippen LogP) is 1.65.